The second-order valence-electron chi connectivity index (χ2n) is 9.96. The van der Waals surface area contributed by atoms with Crippen LogP contribution >= 0.6 is 0 Å². The topological polar surface area (TPSA) is 94.1 Å². The first-order valence-electron chi connectivity index (χ1n) is 13.2. The minimum atomic E-state index is -1.95. The Kier molecular flexibility index (Phi) is 7.92. The lowest BCUT2D eigenvalue weighted by molar-refractivity contribution is -0.144. The lowest BCUT2D eigenvalue weighted by atomic mass is 9.84. The highest BCUT2D eigenvalue weighted by atomic mass is 19.1. The number of nitrogens with one attached hydrogen (secondary N) is 1. The molecule has 0 unspecified atom stereocenters. The third-order valence-corrected chi connectivity index (χ3v) is 7.53. The van der Waals surface area contributed by atoms with E-state index in [9.17, 15) is 19.1 Å². The Morgan fingerprint density at radius 1 is 0.829 bits per heavy atom. The molecule has 0 bridgehead atoms. The maximum absolute atomic E-state index is 14.8. The second-order valence-corrected chi connectivity index (χ2v) is 9.96. The van der Waals surface area contributed by atoms with Gasteiger partial charge in [-0.3, -0.25) is 0 Å². The molecule has 0 aromatic heterocycles. The van der Waals surface area contributed by atoms with Crippen LogP contribution < -0.4 is 14.8 Å². The number of carbonyl (C=O) groups is 2. The van der Waals surface area contributed by atoms with E-state index >= 15 is 0 Å². The van der Waals surface area contributed by atoms with Gasteiger partial charge in [0.1, 0.15) is 29.5 Å². The van der Waals surface area contributed by atoms with E-state index in [1.165, 1.54) is 32.4 Å². The summed E-state index contributed by atoms with van der Waals surface area (Å²) < 4.78 is 31.2. The minimum absolute atomic E-state index is 0.00111. The first-order chi connectivity index (χ1) is 19.8. The van der Waals surface area contributed by atoms with Crippen LogP contribution in [0.1, 0.15) is 28.2 Å². The Morgan fingerprint density at radius 2 is 1.44 bits per heavy atom. The van der Waals surface area contributed by atoms with Gasteiger partial charge in [-0.2, -0.15) is 0 Å². The number of hydrogen-bond acceptors (Lipinski definition) is 5. The molecular formula is C33H30FNO6. The summed E-state index contributed by atoms with van der Waals surface area (Å²) in [6, 6.07) is 26.7. The standard InChI is InChI=1S/C33H30FNO6/c1-39-23-16-15-22(30(17-23)40-2)19-33(31(36)37,18-21-9-3-8-14-29(21)34)35-32(38)41-20-28-26-12-6-4-10-24(26)25-11-5-7-13-27(25)28/h3-17,28H,18-20H2,1-2H3,(H,35,38)(H,36,37)/t33-/m1/s1. The third kappa shape index (κ3) is 5.59. The molecule has 2 N–H and O–H groups in total. The summed E-state index contributed by atoms with van der Waals surface area (Å²) >= 11 is 0. The van der Waals surface area contributed by atoms with Crippen molar-refractivity contribution in [3.8, 4) is 22.6 Å². The van der Waals surface area contributed by atoms with E-state index in [0.29, 0.717) is 17.1 Å². The highest BCUT2D eigenvalue weighted by Gasteiger charge is 2.43. The van der Waals surface area contributed by atoms with Crippen LogP contribution in [0, 0.1) is 5.82 Å². The van der Waals surface area contributed by atoms with Gasteiger partial charge in [0.15, 0.2) is 0 Å². The largest absolute Gasteiger partial charge is 0.497 e. The number of benzene rings is 4. The average molecular weight is 556 g/mol. The third-order valence-electron chi connectivity index (χ3n) is 7.53. The molecule has 0 saturated heterocycles. The lowest BCUT2D eigenvalue weighted by Gasteiger charge is -2.31. The number of halogens is 1. The van der Waals surface area contributed by atoms with Gasteiger partial charge in [0.05, 0.1) is 14.2 Å². The van der Waals surface area contributed by atoms with E-state index in [4.69, 9.17) is 14.2 Å². The first kappa shape index (κ1) is 27.7. The molecule has 7 nitrogen and oxygen atoms in total. The number of amides is 1. The van der Waals surface area contributed by atoms with Crippen molar-refractivity contribution in [2.75, 3.05) is 20.8 Å². The SMILES string of the molecule is COc1ccc(C[C@@](Cc2ccccc2F)(NC(=O)OCC2c3ccccc3-c3ccccc32)C(=O)O)c(OC)c1. The zero-order valence-corrected chi connectivity index (χ0v) is 22.7. The molecule has 0 spiro atoms. The molecular weight excluding hydrogens is 525 g/mol. The smallest absolute Gasteiger partial charge is 0.408 e. The molecule has 1 atom stereocenters. The van der Waals surface area contributed by atoms with Gasteiger partial charge < -0.3 is 24.6 Å². The van der Waals surface area contributed by atoms with Gasteiger partial charge in [-0.15, -0.1) is 0 Å². The van der Waals surface area contributed by atoms with Crippen LogP contribution in [0.2, 0.25) is 0 Å². The zero-order chi connectivity index (χ0) is 29.0. The van der Waals surface area contributed by atoms with Gasteiger partial charge in [-0.1, -0.05) is 72.8 Å². The number of hydrogen-bond donors (Lipinski definition) is 2. The fourth-order valence-electron chi connectivity index (χ4n) is 5.48. The van der Waals surface area contributed by atoms with Gasteiger partial charge in [0, 0.05) is 24.8 Å². The van der Waals surface area contributed by atoms with Crippen molar-refractivity contribution in [2.24, 2.45) is 0 Å². The van der Waals surface area contributed by atoms with Crippen molar-refractivity contribution >= 4 is 12.1 Å². The van der Waals surface area contributed by atoms with Gasteiger partial charge in [-0.25, -0.2) is 14.0 Å². The molecule has 1 aliphatic rings. The quantitative estimate of drug-likeness (QED) is 0.250. The van der Waals surface area contributed by atoms with Crippen LogP contribution in [-0.2, 0) is 22.4 Å². The second kappa shape index (κ2) is 11.7. The predicted molar refractivity (Wildman–Crippen MR) is 152 cm³/mol. The van der Waals surface area contributed by atoms with Crippen LogP contribution in [0.3, 0.4) is 0 Å². The summed E-state index contributed by atoms with van der Waals surface area (Å²) in [5.41, 5.74) is 2.88. The van der Waals surface area contributed by atoms with Gasteiger partial charge in [0.25, 0.3) is 0 Å². The van der Waals surface area contributed by atoms with E-state index in [1.807, 2.05) is 48.5 Å². The summed E-state index contributed by atoms with van der Waals surface area (Å²) in [6.07, 6.45) is -1.44. The number of methoxy groups -OCH3 is 2. The first-order valence-corrected chi connectivity index (χ1v) is 13.2. The van der Waals surface area contributed by atoms with Crippen molar-refractivity contribution in [3.05, 3.63) is 119 Å². The Balaban J connectivity index is 1.44. The van der Waals surface area contributed by atoms with E-state index in [-0.39, 0.29) is 30.9 Å². The van der Waals surface area contributed by atoms with Crippen LogP contribution in [0.25, 0.3) is 11.1 Å². The molecule has 5 rings (SSSR count). The Morgan fingerprint density at radius 3 is 2.05 bits per heavy atom. The van der Waals surface area contributed by atoms with Crippen molar-refractivity contribution in [3.63, 3.8) is 0 Å². The number of rotatable bonds is 10. The molecule has 210 valence electrons. The normalized spacial score (nSPS) is 13.4. The highest BCUT2D eigenvalue weighted by Crippen LogP contribution is 2.44. The summed E-state index contributed by atoms with van der Waals surface area (Å²) in [5, 5.41) is 13.1. The Bertz CT molecular complexity index is 1540. The van der Waals surface area contributed by atoms with Gasteiger partial charge >= 0.3 is 12.1 Å². The monoisotopic (exact) mass is 555 g/mol. The predicted octanol–water partition coefficient (Wildman–Crippen LogP) is 5.99. The highest BCUT2D eigenvalue weighted by molar-refractivity contribution is 5.85. The number of alkyl carbamates (subject to hydrolysis) is 1. The van der Waals surface area contributed by atoms with E-state index in [2.05, 4.69) is 5.32 Å². The molecule has 0 heterocycles. The molecule has 1 aliphatic carbocycles. The molecule has 4 aromatic carbocycles. The molecule has 4 aromatic rings. The van der Waals surface area contributed by atoms with Crippen molar-refractivity contribution in [1.29, 1.82) is 0 Å². The number of carboxylic acids is 1. The number of fused-ring (bicyclic) bond motifs is 3. The number of carbonyl (C=O) groups excluding carboxylic acids is 1. The van der Waals surface area contributed by atoms with Gasteiger partial charge in [0.2, 0.25) is 0 Å². The fourth-order valence-corrected chi connectivity index (χ4v) is 5.48. The molecule has 0 fully saturated rings. The summed E-state index contributed by atoms with van der Waals surface area (Å²) in [5.74, 6) is -1.23. The van der Waals surface area contributed by atoms with E-state index in [0.717, 1.165) is 22.3 Å². The summed E-state index contributed by atoms with van der Waals surface area (Å²) in [6.45, 7) is 0.00111. The van der Waals surface area contributed by atoms with Crippen LogP contribution in [0.4, 0.5) is 9.18 Å². The lowest BCUT2D eigenvalue weighted by Crippen LogP contribution is -2.58. The fraction of sp³-hybridized carbons (Fsp3) is 0.212. The maximum Gasteiger partial charge on any atom is 0.408 e. The molecule has 8 heteroatoms. The maximum atomic E-state index is 14.8. The number of aliphatic carboxylic acids is 1. The molecule has 0 aliphatic heterocycles. The average Bonchev–Trinajstić information content (AvgIpc) is 3.31. The minimum Gasteiger partial charge on any atom is -0.497 e. The molecule has 41 heavy (non-hydrogen) atoms. The van der Waals surface area contributed by atoms with E-state index < -0.39 is 23.4 Å². The number of ether oxygens (including phenoxy) is 3. The summed E-state index contributed by atoms with van der Waals surface area (Å²) in [7, 11) is 2.96. The van der Waals surface area contributed by atoms with Gasteiger partial charge in [-0.05, 0) is 45.5 Å². The van der Waals surface area contributed by atoms with Crippen molar-refractivity contribution in [2.45, 2.75) is 24.3 Å². The van der Waals surface area contributed by atoms with Crippen molar-refractivity contribution in [1.82, 2.24) is 5.32 Å². The summed E-state index contributed by atoms with van der Waals surface area (Å²) in [4.78, 5) is 26.3. The number of carboxylic acid groups (broad SMARTS) is 1. The van der Waals surface area contributed by atoms with Crippen LogP contribution in [0.15, 0.2) is 91.0 Å². The van der Waals surface area contributed by atoms with Crippen LogP contribution in [-0.4, -0.2) is 43.5 Å². The van der Waals surface area contributed by atoms with Crippen molar-refractivity contribution < 1.29 is 33.3 Å². The molecule has 1 amide bonds. The zero-order valence-electron chi connectivity index (χ0n) is 22.7. The molecule has 0 radical (unpaired) electrons. The van der Waals surface area contributed by atoms with Crippen LogP contribution in [0.5, 0.6) is 11.5 Å². The van der Waals surface area contributed by atoms with E-state index in [1.54, 1.807) is 24.3 Å². The Hall–Kier alpha value is -4.85. The molecule has 0 saturated carbocycles. The Labute approximate surface area is 237 Å².